The number of carbonyl (C=O) groups excluding carboxylic acids is 2. The van der Waals surface area contributed by atoms with E-state index >= 15 is 0 Å². The van der Waals surface area contributed by atoms with Gasteiger partial charge in [-0.05, 0) is 142 Å². The van der Waals surface area contributed by atoms with Crippen molar-refractivity contribution in [3.05, 3.63) is 58.7 Å². The van der Waals surface area contributed by atoms with E-state index < -0.39 is 69.0 Å². The minimum Gasteiger partial charge on any atom is -0.454 e. The molecule has 10 heteroatoms. The van der Waals surface area contributed by atoms with Gasteiger partial charge in [0.15, 0.2) is 0 Å². The van der Waals surface area contributed by atoms with Crippen molar-refractivity contribution >= 4 is 12.3 Å². The molecule has 63 heavy (non-hydrogen) atoms. The smallest absolute Gasteiger partial charge is 0.331 e. The van der Waals surface area contributed by atoms with Crippen LogP contribution < -0.4 is 5.32 Å². The van der Waals surface area contributed by atoms with Crippen LogP contribution in [0.5, 0.6) is 0 Å². The van der Waals surface area contributed by atoms with Crippen LogP contribution in [0.3, 0.4) is 0 Å². The Morgan fingerprint density at radius 3 is 2.57 bits per heavy atom. The molecule has 0 radical (unpaired) electrons. The summed E-state index contributed by atoms with van der Waals surface area (Å²) in [5.41, 5.74) is -5.82. The molecule has 1 heterocycles. The highest BCUT2D eigenvalue weighted by atomic mass is 16.5. The van der Waals surface area contributed by atoms with Crippen molar-refractivity contribution in [2.45, 2.75) is 158 Å². The molecule has 0 amide bonds. The van der Waals surface area contributed by atoms with E-state index in [1.165, 1.54) is 0 Å². The maximum Gasteiger partial charge on any atom is 0.331 e. The number of allylic oxidation sites excluding steroid dienone is 2. The monoisotopic (exact) mass is 866 g/mol. The topological polar surface area (TPSA) is 177 Å². The molecule has 4 bridgehead atoms. The Bertz CT molecular complexity index is 2130. The summed E-state index contributed by atoms with van der Waals surface area (Å²) in [5, 5.41) is 81.5. The number of aldehydes is 1. The van der Waals surface area contributed by atoms with Crippen molar-refractivity contribution in [1.29, 1.82) is 0 Å². The van der Waals surface area contributed by atoms with Crippen molar-refractivity contribution < 1.29 is 45.0 Å². The van der Waals surface area contributed by atoms with Crippen LogP contribution in [0.4, 0.5) is 0 Å². The zero-order valence-corrected chi connectivity index (χ0v) is 37.6. The fourth-order valence-corrected chi connectivity index (χ4v) is 17.9. The van der Waals surface area contributed by atoms with Crippen LogP contribution in [0.1, 0.15) is 127 Å². The SMILES string of the molecule is CCCCCC1CC2(C=O)C3CCC45CCC#Cc6cccc(CO)c6CC(NC)C6CC(CC4(O)C3(O)CC3CC4C(C)CC=CC4CC(C1O)C32O)C5(CO)C1=CC(=O)OC16. The maximum atomic E-state index is 14.6. The number of carbonyl (C=O) groups is 2. The molecule has 8 aliphatic carbocycles. The molecule has 6 saturated carbocycles. The van der Waals surface area contributed by atoms with Crippen LogP contribution in [0.2, 0.25) is 0 Å². The van der Waals surface area contributed by atoms with E-state index in [0.29, 0.717) is 62.9 Å². The predicted octanol–water partition coefficient (Wildman–Crippen LogP) is 5.32. The van der Waals surface area contributed by atoms with Gasteiger partial charge >= 0.3 is 5.97 Å². The third-order valence-corrected chi connectivity index (χ3v) is 20.5. The Kier molecular flexibility index (Phi) is 10.9. The summed E-state index contributed by atoms with van der Waals surface area (Å²) in [5.74, 6) is 4.16. The second-order valence-electron chi connectivity index (χ2n) is 22.2. The fraction of sp³-hybridized carbons (Fsp3) is 0.736. The van der Waals surface area contributed by atoms with E-state index in [2.05, 4.69) is 43.2 Å². The molecule has 10 nitrogen and oxygen atoms in total. The normalized spacial score (nSPS) is 49.0. The highest BCUT2D eigenvalue weighted by molar-refractivity contribution is 5.87. The average Bonchev–Trinajstić information content (AvgIpc) is 3.73. The van der Waals surface area contributed by atoms with Gasteiger partial charge in [-0.2, -0.15) is 0 Å². The summed E-state index contributed by atoms with van der Waals surface area (Å²) in [6.45, 7) is 3.91. The first-order chi connectivity index (χ1) is 30.3. The molecule has 342 valence electrons. The number of rotatable bonds is 8. The summed E-state index contributed by atoms with van der Waals surface area (Å²) in [7, 11) is 1.90. The van der Waals surface area contributed by atoms with Gasteiger partial charge in [0.05, 0.1) is 35.9 Å². The molecule has 1 aromatic carbocycles. The van der Waals surface area contributed by atoms with Crippen LogP contribution in [-0.4, -0.2) is 91.6 Å². The van der Waals surface area contributed by atoms with Gasteiger partial charge in [-0.3, -0.25) is 0 Å². The zero-order chi connectivity index (χ0) is 44.3. The molecule has 1 spiro atoms. The highest BCUT2D eigenvalue weighted by Crippen LogP contribution is 2.81. The van der Waals surface area contributed by atoms with Gasteiger partial charge in [0.25, 0.3) is 0 Å². The molecular weight excluding hydrogens is 795 g/mol. The minimum absolute atomic E-state index is 0.0725. The predicted molar refractivity (Wildman–Crippen MR) is 236 cm³/mol. The molecule has 0 aromatic heterocycles. The van der Waals surface area contributed by atoms with Gasteiger partial charge < -0.3 is 45.5 Å². The summed E-state index contributed by atoms with van der Waals surface area (Å²) < 4.78 is 6.29. The highest BCUT2D eigenvalue weighted by Gasteiger charge is 2.86. The number of aliphatic hydroxyl groups is 6. The maximum absolute atomic E-state index is 14.6. The van der Waals surface area contributed by atoms with Crippen molar-refractivity contribution in [1.82, 2.24) is 5.32 Å². The van der Waals surface area contributed by atoms with Crippen LogP contribution in [0.15, 0.2) is 42.0 Å². The Morgan fingerprint density at radius 2 is 1.83 bits per heavy atom. The molecule has 18 atom stereocenters. The second kappa shape index (κ2) is 15.6. The molecule has 1 aromatic rings. The molecular formula is C53H71NO9. The molecule has 10 rings (SSSR count). The number of hydrogen-bond acceptors (Lipinski definition) is 10. The van der Waals surface area contributed by atoms with Crippen LogP contribution >= 0.6 is 0 Å². The summed E-state index contributed by atoms with van der Waals surface area (Å²) >= 11 is 0. The molecule has 6 fully saturated rings. The van der Waals surface area contributed by atoms with Crippen molar-refractivity contribution in [2.24, 2.45) is 69.5 Å². The van der Waals surface area contributed by atoms with Crippen molar-refractivity contribution in [3.63, 3.8) is 0 Å². The Labute approximate surface area is 373 Å². The van der Waals surface area contributed by atoms with E-state index in [1.54, 1.807) is 6.08 Å². The molecule has 9 aliphatic rings. The largest absolute Gasteiger partial charge is 0.454 e. The lowest BCUT2D eigenvalue weighted by molar-refractivity contribution is -0.352. The van der Waals surface area contributed by atoms with Gasteiger partial charge in [-0.25, -0.2) is 4.79 Å². The van der Waals surface area contributed by atoms with Crippen molar-refractivity contribution in [2.75, 3.05) is 13.7 Å². The number of unbranched alkanes of at least 4 members (excludes halogenated alkanes) is 2. The van der Waals surface area contributed by atoms with Gasteiger partial charge in [0.1, 0.15) is 18.0 Å². The number of likely N-dealkylation sites (N-methyl/N-ethyl adjacent to an activating group) is 1. The summed E-state index contributed by atoms with van der Waals surface area (Å²) in [4.78, 5) is 28.3. The van der Waals surface area contributed by atoms with Gasteiger partial charge in [-0.15, -0.1) is 0 Å². The first-order valence-electron chi connectivity index (χ1n) is 24.7. The molecule has 1 aliphatic heterocycles. The first kappa shape index (κ1) is 44.0. The number of fused-ring (bicyclic) bond motifs is 8. The molecule has 7 N–H and O–H groups in total. The third-order valence-electron chi connectivity index (χ3n) is 20.5. The Hall–Kier alpha value is -2.88. The second-order valence-corrected chi connectivity index (χ2v) is 22.2. The zero-order valence-electron chi connectivity index (χ0n) is 37.6. The molecule has 18 unspecified atom stereocenters. The lowest BCUT2D eigenvalue weighted by atomic mass is 9.34. The third kappa shape index (κ3) is 5.63. The summed E-state index contributed by atoms with van der Waals surface area (Å²) in [6.07, 6.45) is 14.0. The lowest BCUT2D eigenvalue weighted by Gasteiger charge is -2.73. The number of aliphatic hydroxyl groups excluding tert-OH is 3. The molecule has 0 saturated heterocycles. The lowest BCUT2D eigenvalue weighted by Crippen LogP contribution is -2.82. The van der Waals surface area contributed by atoms with Crippen LogP contribution in [0, 0.1) is 81.3 Å². The number of ether oxygens (including phenoxy) is 1. The average molecular weight is 866 g/mol. The number of benzene rings is 1. The standard InChI is InChI=1S/C53H71NO9/c1-4-5-6-13-34-25-48(29-56)44-17-19-49-18-8-7-12-32-14-10-16-35(28-55)39(32)23-43(54-3)40-21-36(50(49,30-57)42-24-45(58)63-47(40)42)27-52(49,61)51(44,60)26-37-22-38-31(2)11-9-15-33(38)20-41(46(34)59)53(37,48)62/h9-10,14-16,24,29,31,33-34,36-38,40-41,43-44,46-47,54-55,57,59-62H,4-6,8,11,13,17-23,25-28,30H2,1-3H3. The van der Waals surface area contributed by atoms with E-state index in [-0.39, 0.29) is 68.1 Å². The van der Waals surface area contributed by atoms with Crippen molar-refractivity contribution in [3.8, 4) is 11.8 Å². The van der Waals surface area contributed by atoms with Crippen LogP contribution in [0.25, 0.3) is 0 Å². The van der Waals surface area contributed by atoms with Gasteiger partial charge in [0.2, 0.25) is 0 Å². The van der Waals surface area contributed by atoms with Crippen LogP contribution in [-0.2, 0) is 27.4 Å². The number of hydrogen-bond donors (Lipinski definition) is 7. The Balaban J connectivity index is 1.17. The van der Waals surface area contributed by atoms with E-state index in [1.807, 2.05) is 25.2 Å². The Morgan fingerprint density at radius 1 is 1.02 bits per heavy atom. The quantitative estimate of drug-likeness (QED) is 0.0596. The number of esters is 1. The van der Waals surface area contributed by atoms with E-state index in [0.717, 1.165) is 55.1 Å². The van der Waals surface area contributed by atoms with Gasteiger partial charge in [0, 0.05) is 52.7 Å². The fourth-order valence-electron chi connectivity index (χ4n) is 17.9. The van der Waals surface area contributed by atoms with E-state index in [9.17, 15) is 40.2 Å². The minimum atomic E-state index is -1.86. The van der Waals surface area contributed by atoms with E-state index in [4.69, 9.17) is 4.74 Å². The first-order valence-corrected chi connectivity index (χ1v) is 24.7. The number of nitrogens with one attached hydrogen (secondary N) is 1. The summed E-state index contributed by atoms with van der Waals surface area (Å²) in [6, 6.07) is 5.57. The van der Waals surface area contributed by atoms with Gasteiger partial charge in [-0.1, -0.05) is 69.2 Å².